The average molecular weight is 322 g/mol. The molecule has 1 heterocycles. The quantitative estimate of drug-likeness (QED) is 0.680. The van der Waals surface area contributed by atoms with Crippen molar-refractivity contribution in [2.45, 2.75) is 13.8 Å². The van der Waals surface area contributed by atoms with Gasteiger partial charge in [-0.25, -0.2) is 4.98 Å². The van der Waals surface area contributed by atoms with Gasteiger partial charge in [-0.3, -0.25) is 30.3 Å². The van der Waals surface area contributed by atoms with Crippen LogP contribution in [0.1, 0.15) is 20.9 Å². The molecule has 1 aromatic carbocycles. The van der Waals surface area contributed by atoms with E-state index in [2.05, 4.69) is 10.3 Å². The van der Waals surface area contributed by atoms with E-state index in [-0.39, 0.29) is 5.56 Å². The number of hydrogen-bond donors (Lipinski definition) is 1. The second kappa shape index (κ2) is 5.85. The van der Waals surface area contributed by atoms with E-state index in [1.807, 2.05) is 6.92 Å². The molecule has 2 aromatic rings. The second-order valence-corrected chi connectivity index (χ2v) is 5.53. The molecule has 114 valence electrons. The number of amides is 1. The molecule has 1 amide bonds. The second-order valence-electron chi connectivity index (χ2n) is 4.33. The third-order valence-electron chi connectivity index (χ3n) is 2.88. The molecule has 0 fully saturated rings. The molecule has 0 spiro atoms. The van der Waals surface area contributed by atoms with E-state index in [4.69, 9.17) is 0 Å². The molecule has 1 N–H and O–H groups in total. The molecule has 0 aliphatic carbocycles. The summed E-state index contributed by atoms with van der Waals surface area (Å²) < 4.78 is 0. The van der Waals surface area contributed by atoms with Crippen LogP contribution < -0.4 is 5.32 Å². The average Bonchev–Trinajstić information content (AvgIpc) is 2.76. The summed E-state index contributed by atoms with van der Waals surface area (Å²) in [5.41, 5.74) is -0.597. The summed E-state index contributed by atoms with van der Waals surface area (Å²) in [5.74, 6) is -0.740. The minimum Gasteiger partial charge on any atom is -0.298 e. The number of benzene rings is 1. The predicted octanol–water partition coefficient (Wildman–Crippen LogP) is 2.83. The highest BCUT2D eigenvalue weighted by atomic mass is 32.1. The van der Waals surface area contributed by atoms with Crippen LogP contribution in [-0.2, 0) is 0 Å². The molecule has 0 radical (unpaired) electrons. The largest absolute Gasteiger partial charge is 0.298 e. The van der Waals surface area contributed by atoms with Crippen LogP contribution in [0.3, 0.4) is 0 Å². The van der Waals surface area contributed by atoms with Crippen LogP contribution in [0.4, 0.5) is 16.5 Å². The summed E-state index contributed by atoms with van der Waals surface area (Å²) >= 11 is 1.24. The molecule has 9 nitrogen and oxygen atoms in total. The van der Waals surface area contributed by atoms with Gasteiger partial charge < -0.3 is 0 Å². The number of nitro groups is 2. The number of non-ortho nitro benzene ring substituents is 1. The number of carbonyl (C=O) groups excluding carboxylic acids is 1. The van der Waals surface area contributed by atoms with E-state index >= 15 is 0 Å². The number of aryl methyl sites for hydroxylation is 2. The number of rotatable bonds is 4. The monoisotopic (exact) mass is 322 g/mol. The van der Waals surface area contributed by atoms with Gasteiger partial charge >= 0.3 is 0 Å². The number of nitrogens with zero attached hydrogens (tertiary/aromatic N) is 3. The van der Waals surface area contributed by atoms with Gasteiger partial charge in [-0.2, -0.15) is 0 Å². The number of anilines is 1. The van der Waals surface area contributed by atoms with Gasteiger partial charge in [0.2, 0.25) is 0 Å². The van der Waals surface area contributed by atoms with Crippen molar-refractivity contribution in [1.29, 1.82) is 0 Å². The zero-order chi connectivity index (χ0) is 16.4. The maximum Gasteiger partial charge on any atom is 0.289 e. The first-order chi connectivity index (χ1) is 10.3. The minimum absolute atomic E-state index is 0.263. The van der Waals surface area contributed by atoms with Gasteiger partial charge in [-0.05, 0) is 19.9 Å². The van der Waals surface area contributed by atoms with Crippen LogP contribution in [0, 0.1) is 34.1 Å². The van der Waals surface area contributed by atoms with Crippen molar-refractivity contribution in [3.63, 3.8) is 0 Å². The van der Waals surface area contributed by atoms with Crippen LogP contribution in [0.5, 0.6) is 0 Å². The van der Waals surface area contributed by atoms with Gasteiger partial charge in [0, 0.05) is 10.9 Å². The number of nitrogens with one attached hydrogen (secondary N) is 1. The molecule has 0 saturated heterocycles. The molecule has 0 aliphatic heterocycles. The lowest BCUT2D eigenvalue weighted by Gasteiger charge is -2.03. The van der Waals surface area contributed by atoms with Gasteiger partial charge in [-0.1, -0.05) is 0 Å². The zero-order valence-corrected chi connectivity index (χ0v) is 12.3. The van der Waals surface area contributed by atoms with Gasteiger partial charge in [-0.15, -0.1) is 11.3 Å². The molecule has 2 rings (SSSR count). The Balaban J connectivity index is 2.36. The smallest absolute Gasteiger partial charge is 0.289 e. The molecule has 0 unspecified atom stereocenters. The molecule has 0 bridgehead atoms. The van der Waals surface area contributed by atoms with Gasteiger partial charge in [0.05, 0.1) is 21.6 Å². The van der Waals surface area contributed by atoms with Gasteiger partial charge in [0.1, 0.15) is 5.56 Å². The van der Waals surface area contributed by atoms with Gasteiger partial charge in [0.15, 0.2) is 5.13 Å². The number of thiazole rings is 1. The van der Waals surface area contributed by atoms with Crippen molar-refractivity contribution >= 4 is 33.8 Å². The molecule has 22 heavy (non-hydrogen) atoms. The third-order valence-corrected chi connectivity index (χ3v) is 3.87. The Morgan fingerprint density at radius 1 is 1.23 bits per heavy atom. The van der Waals surface area contributed by atoms with Crippen LogP contribution >= 0.6 is 11.3 Å². The number of nitro benzene ring substituents is 2. The van der Waals surface area contributed by atoms with E-state index in [0.717, 1.165) is 28.8 Å². The van der Waals surface area contributed by atoms with E-state index in [1.54, 1.807) is 6.92 Å². The van der Waals surface area contributed by atoms with E-state index in [1.165, 1.54) is 11.3 Å². The first kappa shape index (κ1) is 15.5. The Kier molecular flexibility index (Phi) is 4.13. The lowest BCUT2D eigenvalue weighted by molar-refractivity contribution is -0.394. The Morgan fingerprint density at radius 2 is 1.91 bits per heavy atom. The maximum atomic E-state index is 12.1. The van der Waals surface area contributed by atoms with Crippen molar-refractivity contribution in [3.8, 4) is 0 Å². The van der Waals surface area contributed by atoms with Crippen molar-refractivity contribution in [2.75, 3.05) is 5.32 Å². The molecular formula is C12H10N4O5S. The lowest BCUT2D eigenvalue weighted by atomic mass is 10.1. The Morgan fingerprint density at radius 3 is 2.41 bits per heavy atom. The summed E-state index contributed by atoms with van der Waals surface area (Å²) in [6.07, 6.45) is 0. The van der Waals surface area contributed by atoms with E-state index < -0.39 is 27.1 Å². The highest BCUT2D eigenvalue weighted by Gasteiger charge is 2.24. The minimum atomic E-state index is -0.833. The highest BCUT2D eigenvalue weighted by molar-refractivity contribution is 7.15. The Labute approximate surface area is 127 Å². The van der Waals surface area contributed by atoms with Crippen LogP contribution in [0.25, 0.3) is 0 Å². The maximum absolute atomic E-state index is 12.1. The lowest BCUT2D eigenvalue weighted by Crippen LogP contribution is -2.14. The topological polar surface area (TPSA) is 128 Å². The van der Waals surface area contributed by atoms with Crippen molar-refractivity contribution < 1.29 is 14.6 Å². The fourth-order valence-corrected chi connectivity index (χ4v) is 2.48. The number of aromatic nitrogens is 1. The number of hydrogen-bond acceptors (Lipinski definition) is 7. The third kappa shape index (κ3) is 3.06. The highest BCUT2D eigenvalue weighted by Crippen LogP contribution is 2.27. The van der Waals surface area contributed by atoms with Crippen molar-refractivity contribution in [1.82, 2.24) is 4.98 Å². The molecule has 0 saturated carbocycles. The van der Waals surface area contributed by atoms with Crippen molar-refractivity contribution in [2.24, 2.45) is 0 Å². The fourth-order valence-electron chi connectivity index (χ4n) is 1.67. The fraction of sp³-hybridized carbons (Fsp3) is 0.167. The zero-order valence-electron chi connectivity index (χ0n) is 11.5. The standard InChI is InChI=1S/C12H10N4O5S/c1-6-7(2)22-12(13-6)14-11(17)9-4-3-8(15(18)19)5-10(9)16(20)21/h3-5H,1-2H3,(H,13,14,17). The summed E-state index contributed by atoms with van der Waals surface area (Å²) in [4.78, 5) is 37.2. The van der Waals surface area contributed by atoms with Crippen LogP contribution in [-0.4, -0.2) is 20.7 Å². The summed E-state index contributed by atoms with van der Waals surface area (Å²) in [6, 6.07) is 2.85. The van der Waals surface area contributed by atoms with Gasteiger partial charge in [0.25, 0.3) is 17.3 Å². The molecule has 0 aliphatic rings. The normalized spacial score (nSPS) is 10.3. The molecular weight excluding hydrogens is 312 g/mol. The predicted molar refractivity (Wildman–Crippen MR) is 79.3 cm³/mol. The Bertz CT molecular complexity index is 766. The van der Waals surface area contributed by atoms with Crippen molar-refractivity contribution in [3.05, 3.63) is 54.6 Å². The SMILES string of the molecule is Cc1nc(NC(=O)c2ccc([N+](=O)[O-])cc2[N+](=O)[O-])sc1C. The number of carbonyl (C=O) groups is 1. The summed E-state index contributed by atoms with van der Waals surface area (Å²) in [6.45, 7) is 3.60. The molecule has 1 aromatic heterocycles. The molecule has 0 atom stereocenters. The van der Waals surface area contributed by atoms with E-state index in [0.29, 0.717) is 5.13 Å². The first-order valence-corrected chi connectivity index (χ1v) is 6.79. The van der Waals surface area contributed by atoms with E-state index in [9.17, 15) is 25.0 Å². The molecule has 10 heteroatoms. The van der Waals surface area contributed by atoms with Crippen LogP contribution in [0.15, 0.2) is 18.2 Å². The summed E-state index contributed by atoms with van der Waals surface area (Å²) in [7, 11) is 0. The van der Waals surface area contributed by atoms with Crippen LogP contribution in [0.2, 0.25) is 0 Å². The Hall–Kier alpha value is -2.88. The summed E-state index contributed by atoms with van der Waals surface area (Å²) in [5, 5.41) is 24.4. The first-order valence-electron chi connectivity index (χ1n) is 5.98.